The zero-order chi connectivity index (χ0) is 27.2. The molecule has 37 heavy (non-hydrogen) atoms. The maximum Gasteiger partial charge on any atom is 0.312 e. The van der Waals surface area contributed by atoms with E-state index in [-0.39, 0.29) is 43.9 Å². The molecule has 10 heteroatoms. The molecule has 0 atom stereocenters. The Morgan fingerprint density at radius 1 is 0.676 bits per heavy atom. The van der Waals surface area contributed by atoms with Crippen LogP contribution in [0.4, 0.5) is 0 Å². The van der Waals surface area contributed by atoms with Gasteiger partial charge in [-0.3, -0.25) is 19.2 Å². The van der Waals surface area contributed by atoms with Crippen LogP contribution in [0.2, 0.25) is 0 Å². The maximum absolute atomic E-state index is 12.2. The van der Waals surface area contributed by atoms with Gasteiger partial charge in [0.2, 0.25) is 0 Å². The van der Waals surface area contributed by atoms with E-state index in [0.717, 1.165) is 0 Å². The van der Waals surface area contributed by atoms with Crippen molar-refractivity contribution in [2.75, 3.05) is 27.3 Å². The van der Waals surface area contributed by atoms with E-state index >= 15 is 0 Å². The second-order valence-corrected chi connectivity index (χ2v) is 7.62. The van der Waals surface area contributed by atoms with Crippen LogP contribution in [0.3, 0.4) is 0 Å². The van der Waals surface area contributed by atoms with Crippen molar-refractivity contribution in [1.29, 1.82) is 0 Å². The summed E-state index contributed by atoms with van der Waals surface area (Å²) in [5.74, 6) is -0.647. The Labute approximate surface area is 214 Å². The van der Waals surface area contributed by atoms with E-state index in [9.17, 15) is 19.2 Å². The highest BCUT2D eigenvalue weighted by molar-refractivity contribution is 6.10. The van der Waals surface area contributed by atoms with Crippen LogP contribution in [0.15, 0.2) is 48.6 Å². The van der Waals surface area contributed by atoms with Gasteiger partial charge in [-0.1, -0.05) is 24.3 Å². The van der Waals surface area contributed by atoms with Gasteiger partial charge in [-0.05, 0) is 47.5 Å². The Hall–Kier alpha value is -4.28. The van der Waals surface area contributed by atoms with Crippen LogP contribution in [0.25, 0.3) is 12.2 Å². The first-order valence-electron chi connectivity index (χ1n) is 11.4. The standard InChI is InChI=1S/C27H30N2O8/c1-34-24-15-18(5-9-22(24)36-26(32)11-13-28)3-7-20(30)17-21(31)8-4-19-6-10-23(25(16-19)35-2)37-27(33)12-14-29/h3-10,15-16H,11-14,17,28-29H2,1-2H3/b7-3+,8-4+. The second-order valence-electron chi connectivity index (χ2n) is 7.62. The van der Waals surface area contributed by atoms with E-state index in [1.807, 2.05) is 0 Å². The third kappa shape index (κ3) is 9.71. The van der Waals surface area contributed by atoms with Crippen LogP contribution in [-0.4, -0.2) is 50.8 Å². The largest absolute Gasteiger partial charge is 0.493 e. The zero-order valence-electron chi connectivity index (χ0n) is 20.7. The predicted molar refractivity (Wildman–Crippen MR) is 137 cm³/mol. The molecule has 0 saturated heterocycles. The van der Waals surface area contributed by atoms with Gasteiger partial charge in [0.15, 0.2) is 34.6 Å². The summed E-state index contributed by atoms with van der Waals surface area (Å²) in [4.78, 5) is 47.8. The zero-order valence-corrected chi connectivity index (χ0v) is 20.7. The molecule has 0 aliphatic carbocycles. The Kier molecular flexibility index (Phi) is 11.7. The summed E-state index contributed by atoms with van der Waals surface area (Å²) in [7, 11) is 2.85. The molecule has 4 N–H and O–H groups in total. The average Bonchev–Trinajstić information content (AvgIpc) is 2.87. The van der Waals surface area contributed by atoms with Crippen molar-refractivity contribution >= 4 is 35.7 Å². The van der Waals surface area contributed by atoms with Crippen LogP contribution >= 0.6 is 0 Å². The van der Waals surface area contributed by atoms with Gasteiger partial charge in [0.25, 0.3) is 0 Å². The van der Waals surface area contributed by atoms with Crippen LogP contribution < -0.4 is 30.4 Å². The van der Waals surface area contributed by atoms with Gasteiger partial charge in [-0.2, -0.15) is 0 Å². The van der Waals surface area contributed by atoms with E-state index in [1.54, 1.807) is 36.4 Å². The molecule has 0 aromatic heterocycles. The van der Waals surface area contributed by atoms with Gasteiger partial charge in [0, 0.05) is 13.1 Å². The second kappa shape index (κ2) is 15.0. The third-order valence-corrected chi connectivity index (χ3v) is 4.79. The number of nitrogens with two attached hydrogens (primary N) is 2. The molecule has 0 spiro atoms. The Balaban J connectivity index is 1.98. The van der Waals surface area contributed by atoms with E-state index in [4.69, 9.17) is 30.4 Å². The lowest BCUT2D eigenvalue weighted by Gasteiger charge is -2.09. The molecule has 0 aliphatic heterocycles. The van der Waals surface area contributed by atoms with Gasteiger partial charge in [-0.25, -0.2) is 0 Å². The summed E-state index contributed by atoms with van der Waals surface area (Å²) in [6.07, 6.45) is 5.45. The molecule has 0 aliphatic rings. The topological polar surface area (TPSA) is 157 Å². The summed E-state index contributed by atoms with van der Waals surface area (Å²) in [5, 5.41) is 0. The number of ether oxygens (including phenoxy) is 4. The summed E-state index contributed by atoms with van der Waals surface area (Å²) < 4.78 is 20.9. The van der Waals surface area contributed by atoms with Crippen LogP contribution in [0.1, 0.15) is 30.4 Å². The monoisotopic (exact) mass is 510 g/mol. The van der Waals surface area contributed by atoms with Crippen molar-refractivity contribution in [3.63, 3.8) is 0 Å². The number of hydrogen-bond donors (Lipinski definition) is 2. The van der Waals surface area contributed by atoms with Gasteiger partial charge >= 0.3 is 11.9 Å². The highest BCUT2D eigenvalue weighted by Crippen LogP contribution is 2.30. The fourth-order valence-corrected chi connectivity index (χ4v) is 3.00. The molecule has 0 amide bonds. The smallest absolute Gasteiger partial charge is 0.312 e. The summed E-state index contributed by atoms with van der Waals surface area (Å²) in [6, 6.07) is 9.57. The molecule has 2 aromatic rings. The number of esters is 2. The fraction of sp³-hybridized carbons (Fsp3) is 0.259. The lowest BCUT2D eigenvalue weighted by atomic mass is 10.1. The third-order valence-electron chi connectivity index (χ3n) is 4.79. The molecule has 0 radical (unpaired) electrons. The lowest BCUT2D eigenvalue weighted by molar-refractivity contribution is -0.135. The van der Waals surface area contributed by atoms with E-state index in [2.05, 4.69) is 0 Å². The minimum absolute atomic E-state index is 0.0747. The number of carbonyl (C=O) groups is 4. The summed E-state index contributed by atoms with van der Waals surface area (Å²) in [5.41, 5.74) is 11.9. The van der Waals surface area contributed by atoms with E-state index < -0.39 is 23.5 Å². The number of benzene rings is 2. The van der Waals surface area contributed by atoms with Crippen LogP contribution in [-0.2, 0) is 19.2 Å². The lowest BCUT2D eigenvalue weighted by Crippen LogP contribution is -2.14. The first kappa shape index (κ1) is 29.0. The molecule has 2 rings (SSSR count). The highest BCUT2D eigenvalue weighted by Gasteiger charge is 2.12. The molecule has 2 aromatic carbocycles. The Morgan fingerprint density at radius 2 is 1.08 bits per heavy atom. The molecule has 196 valence electrons. The van der Waals surface area contributed by atoms with Crippen molar-refractivity contribution in [3.05, 3.63) is 59.7 Å². The van der Waals surface area contributed by atoms with Gasteiger partial charge < -0.3 is 30.4 Å². The molecule has 10 nitrogen and oxygen atoms in total. The molecule has 0 heterocycles. The predicted octanol–water partition coefficient (Wildman–Crippen LogP) is 2.47. The van der Waals surface area contributed by atoms with Crippen molar-refractivity contribution < 1.29 is 38.1 Å². The Morgan fingerprint density at radius 3 is 1.43 bits per heavy atom. The Bertz CT molecular complexity index is 1100. The molecule has 0 unspecified atom stereocenters. The van der Waals surface area contributed by atoms with Crippen molar-refractivity contribution in [2.24, 2.45) is 11.5 Å². The van der Waals surface area contributed by atoms with Crippen molar-refractivity contribution in [2.45, 2.75) is 19.3 Å². The number of allylic oxidation sites excluding steroid dienone is 2. The number of methoxy groups -OCH3 is 2. The molecule has 0 fully saturated rings. The summed E-state index contributed by atoms with van der Waals surface area (Å²) >= 11 is 0. The van der Waals surface area contributed by atoms with E-state index in [1.165, 1.54) is 38.5 Å². The van der Waals surface area contributed by atoms with Gasteiger partial charge in [-0.15, -0.1) is 0 Å². The number of carbonyl (C=O) groups excluding carboxylic acids is 4. The van der Waals surface area contributed by atoms with Crippen molar-refractivity contribution in [1.82, 2.24) is 0 Å². The number of ketones is 2. The summed E-state index contributed by atoms with van der Waals surface area (Å²) in [6.45, 7) is 0.344. The van der Waals surface area contributed by atoms with E-state index in [0.29, 0.717) is 22.6 Å². The first-order valence-corrected chi connectivity index (χ1v) is 11.4. The average molecular weight is 511 g/mol. The fourth-order valence-electron chi connectivity index (χ4n) is 3.00. The number of rotatable bonds is 14. The molecule has 0 bridgehead atoms. The van der Waals surface area contributed by atoms with Crippen LogP contribution in [0, 0.1) is 0 Å². The van der Waals surface area contributed by atoms with Crippen molar-refractivity contribution in [3.8, 4) is 23.0 Å². The molecular formula is C27H30N2O8. The SMILES string of the molecule is COc1cc(/C=C/C(=O)CC(=O)/C=C/c2ccc(OC(=O)CCN)c(OC)c2)ccc1OC(=O)CCN. The quantitative estimate of drug-likeness (QED) is 0.167. The number of hydrogen-bond acceptors (Lipinski definition) is 10. The minimum atomic E-state index is -0.480. The first-order chi connectivity index (χ1) is 17.8. The molecule has 0 saturated carbocycles. The molecular weight excluding hydrogens is 480 g/mol. The maximum atomic E-state index is 12.2. The van der Waals surface area contributed by atoms with Crippen LogP contribution in [0.5, 0.6) is 23.0 Å². The normalized spacial score (nSPS) is 10.9. The van der Waals surface area contributed by atoms with Gasteiger partial charge in [0.1, 0.15) is 0 Å². The minimum Gasteiger partial charge on any atom is -0.493 e. The van der Waals surface area contributed by atoms with Gasteiger partial charge in [0.05, 0.1) is 33.5 Å². The highest BCUT2D eigenvalue weighted by atomic mass is 16.6.